The number of ether oxygens (including phenoxy) is 1. The summed E-state index contributed by atoms with van der Waals surface area (Å²) < 4.78 is 11.8. The summed E-state index contributed by atoms with van der Waals surface area (Å²) in [6, 6.07) is 31.3. The minimum absolute atomic E-state index is 0.191. The van der Waals surface area contributed by atoms with Crippen molar-refractivity contribution in [2.75, 3.05) is 11.9 Å². The largest absolute Gasteiger partial charge is 0.493 e. The van der Waals surface area contributed by atoms with Gasteiger partial charge in [-0.2, -0.15) is 0 Å². The molecule has 1 atom stereocenters. The fourth-order valence-corrected chi connectivity index (χ4v) is 4.41. The van der Waals surface area contributed by atoms with Gasteiger partial charge >= 0.3 is 5.97 Å². The maximum atomic E-state index is 13.1. The van der Waals surface area contributed by atoms with E-state index in [2.05, 4.69) is 10.3 Å². The van der Waals surface area contributed by atoms with Crippen LogP contribution in [0.1, 0.15) is 39.0 Å². The molecule has 0 aliphatic carbocycles. The summed E-state index contributed by atoms with van der Waals surface area (Å²) in [5.41, 5.74) is 3.56. The lowest BCUT2D eigenvalue weighted by Gasteiger charge is -2.19. The van der Waals surface area contributed by atoms with Gasteiger partial charge in [-0.25, -0.2) is 9.78 Å². The molecule has 7 nitrogen and oxygen atoms in total. The second-order valence-corrected chi connectivity index (χ2v) is 9.22. The molecule has 0 aliphatic rings. The maximum absolute atomic E-state index is 13.1. The van der Waals surface area contributed by atoms with Crippen LogP contribution in [0.15, 0.2) is 114 Å². The van der Waals surface area contributed by atoms with Crippen LogP contribution in [0.25, 0.3) is 11.5 Å². The van der Waals surface area contributed by atoms with Crippen LogP contribution in [0, 0.1) is 6.92 Å². The van der Waals surface area contributed by atoms with Gasteiger partial charge in [0.15, 0.2) is 11.8 Å². The number of ketones is 1. The average molecular weight is 533 g/mol. The highest BCUT2D eigenvalue weighted by molar-refractivity contribution is 6.12. The number of carbonyl (C=O) groups is 2. The van der Waals surface area contributed by atoms with Gasteiger partial charge in [0, 0.05) is 28.8 Å². The molecule has 0 fully saturated rings. The molecular weight excluding hydrogens is 504 g/mol. The first-order chi connectivity index (χ1) is 19.5. The quantitative estimate of drug-likeness (QED) is 0.182. The first kappa shape index (κ1) is 26.4. The summed E-state index contributed by atoms with van der Waals surface area (Å²) in [6.07, 6.45) is 0.530. The van der Waals surface area contributed by atoms with Crippen molar-refractivity contribution in [3.05, 3.63) is 137 Å². The standard InChI is InChI=1S/C33H28N2O5/c1-22-28(35-32(40-22)24-13-6-3-7-14-24)19-20-39-26-16-10-15-25(21-26)30(33(37)38)34-29-18-9-8-17-27(29)31(36)23-11-4-2-5-12-23/h2-18,21,30,34H,19-20H2,1H3,(H,37,38)/t30-/m0/s1. The summed E-state index contributed by atoms with van der Waals surface area (Å²) in [5, 5.41) is 13.1. The number of carboxylic acids is 1. The van der Waals surface area contributed by atoms with Gasteiger partial charge in [0.05, 0.1) is 12.3 Å². The van der Waals surface area contributed by atoms with Crippen LogP contribution in [0.3, 0.4) is 0 Å². The van der Waals surface area contributed by atoms with E-state index in [0.29, 0.717) is 47.0 Å². The SMILES string of the molecule is Cc1oc(-c2ccccc2)nc1CCOc1cccc([C@H](Nc2ccccc2C(=O)c2ccccc2)C(=O)O)c1. The number of nitrogens with one attached hydrogen (secondary N) is 1. The van der Waals surface area contributed by atoms with Crippen molar-refractivity contribution in [2.24, 2.45) is 0 Å². The number of aryl methyl sites for hydroxylation is 1. The second-order valence-electron chi connectivity index (χ2n) is 9.22. The smallest absolute Gasteiger partial charge is 0.330 e. The number of nitrogens with zero attached hydrogens (tertiary/aromatic N) is 1. The van der Waals surface area contributed by atoms with Crippen molar-refractivity contribution in [2.45, 2.75) is 19.4 Å². The topological polar surface area (TPSA) is 102 Å². The summed E-state index contributed by atoms with van der Waals surface area (Å²) >= 11 is 0. The molecule has 2 N–H and O–H groups in total. The monoisotopic (exact) mass is 532 g/mol. The van der Waals surface area contributed by atoms with Crippen LogP contribution in [-0.4, -0.2) is 28.4 Å². The van der Waals surface area contributed by atoms with Crippen LogP contribution in [0.5, 0.6) is 5.75 Å². The minimum atomic E-state index is -1.10. The van der Waals surface area contributed by atoms with Crippen LogP contribution in [-0.2, 0) is 11.2 Å². The van der Waals surface area contributed by atoms with Gasteiger partial charge in [0.25, 0.3) is 0 Å². The molecule has 0 unspecified atom stereocenters. The third-order valence-corrected chi connectivity index (χ3v) is 6.47. The number of rotatable bonds is 11. The average Bonchev–Trinajstić information content (AvgIpc) is 3.36. The Labute approximate surface area is 232 Å². The van der Waals surface area contributed by atoms with Crippen LogP contribution < -0.4 is 10.1 Å². The van der Waals surface area contributed by atoms with Crippen molar-refractivity contribution in [1.29, 1.82) is 0 Å². The number of benzene rings is 4. The normalized spacial score (nSPS) is 11.5. The van der Waals surface area contributed by atoms with Crippen LogP contribution in [0.4, 0.5) is 5.69 Å². The lowest BCUT2D eigenvalue weighted by Crippen LogP contribution is -2.22. The fourth-order valence-electron chi connectivity index (χ4n) is 4.41. The molecule has 0 saturated heterocycles. The molecule has 4 aromatic carbocycles. The third-order valence-electron chi connectivity index (χ3n) is 6.47. The zero-order chi connectivity index (χ0) is 27.9. The van der Waals surface area contributed by atoms with Crippen LogP contribution in [0.2, 0.25) is 0 Å². The number of aromatic nitrogens is 1. The molecule has 0 radical (unpaired) electrons. The zero-order valence-corrected chi connectivity index (χ0v) is 21.9. The minimum Gasteiger partial charge on any atom is -0.493 e. The Bertz CT molecular complexity index is 1610. The van der Waals surface area contributed by atoms with Gasteiger partial charge in [0.1, 0.15) is 11.5 Å². The molecule has 5 aromatic rings. The Balaban J connectivity index is 1.29. The lowest BCUT2D eigenvalue weighted by molar-refractivity contribution is -0.138. The highest BCUT2D eigenvalue weighted by atomic mass is 16.5. The molecule has 1 heterocycles. The number of carboxylic acid groups (broad SMARTS) is 1. The van der Waals surface area contributed by atoms with E-state index in [1.165, 1.54) is 0 Å². The van der Waals surface area contributed by atoms with Crippen molar-refractivity contribution >= 4 is 17.4 Å². The summed E-state index contributed by atoms with van der Waals surface area (Å²) in [4.78, 5) is 30.1. The van der Waals surface area contributed by atoms with Crippen LogP contribution >= 0.6 is 0 Å². The Hall–Kier alpha value is -5.17. The molecule has 5 rings (SSSR count). The number of hydrogen-bond donors (Lipinski definition) is 2. The van der Waals surface area contributed by atoms with E-state index >= 15 is 0 Å². The molecule has 7 heteroatoms. The predicted molar refractivity (Wildman–Crippen MR) is 153 cm³/mol. The molecule has 0 aliphatic heterocycles. The second kappa shape index (κ2) is 12.1. The van der Waals surface area contributed by atoms with Crippen molar-refractivity contribution in [1.82, 2.24) is 4.98 Å². The molecule has 0 saturated carbocycles. The Kier molecular flexibility index (Phi) is 8.02. The molecule has 1 aromatic heterocycles. The lowest BCUT2D eigenvalue weighted by atomic mass is 10.00. The number of oxazole rings is 1. The van der Waals surface area contributed by atoms with Gasteiger partial charge in [0.2, 0.25) is 5.89 Å². The predicted octanol–water partition coefficient (Wildman–Crippen LogP) is 6.74. The molecule has 0 amide bonds. The first-order valence-corrected chi connectivity index (χ1v) is 12.9. The molecule has 200 valence electrons. The van der Waals surface area contributed by atoms with E-state index in [1.807, 2.05) is 43.3 Å². The Morgan fingerprint density at radius 3 is 2.35 bits per heavy atom. The highest BCUT2D eigenvalue weighted by Crippen LogP contribution is 2.27. The molecule has 40 heavy (non-hydrogen) atoms. The summed E-state index contributed by atoms with van der Waals surface area (Å²) in [5.74, 6) is 0.560. The summed E-state index contributed by atoms with van der Waals surface area (Å²) in [6.45, 7) is 2.21. The highest BCUT2D eigenvalue weighted by Gasteiger charge is 2.23. The van der Waals surface area contributed by atoms with E-state index in [0.717, 1.165) is 17.0 Å². The number of hydrogen-bond acceptors (Lipinski definition) is 6. The van der Waals surface area contributed by atoms with E-state index in [-0.39, 0.29) is 5.78 Å². The fraction of sp³-hybridized carbons (Fsp3) is 0.121. The van der Waals surface area contributed by atoms with Crippen molar-refractivity contribution in [3.63, 3.8) is 0 Å². The van der Waals surface area contributed by atoms with Gasteiger partial charge < -0.3 is 19.6 Å². The molecule has 0 spiro atoms. The van der Waals surface area contributed by atoms with Gasteiger partial charge in [-0.1, -0.05) is 72.8 Å². The van der Waals surface area contributed by atoms with Gasteiger partial charge in [-0.05, 0) is 48.9 Å². The Morgan fingerprint density at radius 1 is 0.900 bits per heavy atom. The van der Waals surface area contributed by atoms with Crippen molar-refractivity contribution < 1.29 is 23.8 Å². The molecule has 0 bridgehead atoms. The van der Waals surface area contributed by atoms with E-state index in [9.17, 15) is 14.7 Å². The first-order valence-electron chi connectivity index (χ1n) is 12.9. The van der Waals surface area contributed by atoms with Gasteiger partial charge in [-0.15, -0.1) is 0 Å². The van der Waals surface area contributed by atoms with Crippen molar-refractivity contribution in [3.8, 4) is 17.2 Å². The number of aliphatic carboxylic acids is 1. The maximum Gasteiger partial charge on any atom is 0.330 e. The van der Waals surface area contributed by atoms with E-state index < -0.39 is 12.0 Å². The Morgan fingerprint density at radius 2 is 1.60 bits per heavy atom. The van der Waals surface area contributed by atoms with Gasteiger partial charge in [-0.3, -0.25) is 4.79 Å². The number of anilines is 1. The number of carbonyl (C=O) groups excluding carboxylic acids is 1. The van der Waals surface area contributed by atoms with E-state index in [1.54, 1.807) is 72.8 Å². The molecular formula is C33H28N2O5. The summed E-state index contributed by atoms with van der Waals surface area (Å²) in [7, 11) is 0. The zero-order valence-electron chi connectivity index (χ0n) is 21.9. The third kappa shape index (κ3) is 6.10. The number of para-hydroxylation sites is 1. The van der Waals surface area contributed by atoms with E-state index in [4.69, 9.17) is 9.15 Å².